The first kappa shape index (κ1) is 75.6. The number of hydrogen-bond acceptors (Lipinski definition) is 15. The number of amides is 1. The van der Waals surface area contributed by atoms with E-state index in [1.54, 1.807) is 36.7 Å². The van der Waals surface area contributed by atoms with Crippen LogP contribution in [0.5, 0.6) is 69.0 Å². The molecule has 0 unspecified atom stereocenters. The molecule has 0 bridgehead atoms. The molecule has 16 heteroatoms. The molecule has 0 aliphatic carbocycles. The van der Waals surface area contributed by atoms with Crippen molar-refractivity contribution in [1.82, 2.24) is 10.4 Å². The van der Waals surface area contributed by atoms with Crippen LogP contribution in [0.25, 0.3) is 0 Å². The van der Waals surface area contributed by atoms with E-state index >= 15 is 0 Å². The molecule has 0 saturated heterocycles. The predicted molar refractivity (Wildman–Crippen MR) is 435 cm³/mol. The Morgan fingerprint density at radius 3 is 0.646 bits per heavy atom. The van der Waals surface area contributed by atoms with Gasteiger partial charge in [0, 0.05) is 18.0 Å². The van der Waals surface area contributed by atoms with Gasteiger partial charge in [-0.15, -0.1) is 0 Å². The summed E-state index contributed by atoms with van der Waals surface area (Å²) in [6, 6.07) is 107. The van der Waals surface area contributed by atoms with E-state index in [9.17, 15) is 4.79 Å². The van der Waals surface area contributed by atoms with Crippen LogP contribution in [0.1, 0.15) is 82.7 Å². The van der Waals surface area contributed by atoms with Crippen molar-refractivity contribution >= 4 is 12.1 Å². The van der Waals surface area contributed by atoms with Crippen molar-refractivity contribution in [3.8, 4) is 69.0 Å². The third kappa shape index (κ3) is 22.5. The summed E-state index contributed by atoms with van der Waals surface area (Å²) >= 11 is 0. The van der Waals surface area contributed by atoms with Crippen LogP contribution in [0.2, 0.25) is 0 Å². The molecule has 14 rings (SSSR count). The molecule has 0 saturated carbocycles. The fourth-order valence-electron chi connectivity index (χ4n) is 12.0. The zero-order chi connectivity index (χ0) is 76.7. The molecule has 14 aromatic rings. The van der Waals surface area contributed by atoms with Crippen LogP contribution in [-0.2, 0) is 79.3 Å². The highest BCUT2D eigenvalue weighted by Crippen LogP contribution is 2.47. The molecule has 0 spiro atoms. The Kier molecular flexibility index (Phi) is 26.6. The molecule has 0 aliphatic heterocycles. The molecule has 0 radical (unpaired) electrons. The van der Waals surface area contributed by atoms with Crippen LogP contribution in [0.4, 0.5) is 0 Å². The molecule has 16 nitrogen and oxygen atoms in total. The number of nitrogens with zero attached hydrogens (tertiary/aromatic N) is 2. The van der Waals surface area contributed by atoms with Gasteiger partial charge in [0.05, 0.1) is 6.21 Å². The molecule has 1 amide bonds. The normalized spacial score (nSPS) is 10.9. The van der Waals surface area contributed by atoms with E-state index < -0.39 is 5.91 Å². The Morgan fingerprint density at radius 1 is 0.239 bits per heavy atom. The highest BCUT2D eigenvalue weighted by atomic mass is 16.6. The van der Waals surface area contributed by atoms with Gasteiger partial charge in [-0.05, 0) is 133 Å². The van der Waals surface area contributed by atoms with E-state index in [4.69, 9.17) is 56.8 Å². The van der Waals surface area contributed by atoms with Crippen LogP contribution in [0.3, 0.4) is 0 Å². The third-order valence-corrected chi connectivity index (χ3v) is 17.9. The van der Waals surface area contributed by atoms with Crippen molar-refractivity contribution in [1.29, 1.82) is 0 Å². The van der Waals surface area contributed by atoms with Gasteiger partial charge >= 0.3 is 0 Å². The van der Waals surface area contributed by atoms with Gasteiger partial charge in [-0.3, -0.25) is 9.78 Å². The second-order valence-electron chi connectivity index (χ2n) is 26.4. The highest BCUT2D eigenvalue weighted by molar-refractivity contribution is 5.96. The van der Waals surface area contributed by atoms with Crippen molar-refractivity contribution in [2.24, 2.45) is 5.10 Å². The summed E-state index contributed by atoms with van der Waals surface area (Å²) < 4.78 is 82.5. The lowest BCUT2D eigenvalue weighted by Crippen LogP contribution is -2.18. The number of pyridine rings is 1. The van der Waals surface area contributed by atoms with Crippen molar-refractivity contribution in [3.05, 3.63) is 424 Å². The third-order valence-electron chi connectivity index (χ3n) is 17.9. The van der Waals surface area contributed by atoms with Gasteiger partial charge in [-0.2, -0.15) is 5.10 Å². The van der Waals surface area contributed by atoms with Crippen LogP contribution < -0.4 is 62.3 Å². The number of carbonyl (C=O) groups excluding carboxylic acids is 1. The highest BCUT2D eigenvalue weighted by Gasteiger charge is 2.26. The maximum atomic E-state index is 15.0. The minimum absolute atomic E-state index is 0.106. The molecule has 113 heavy (non-hydrogen) atoms. The summed E-state index contributed by atoms with van der Waals surface area (Å²) in [5, 5.41) is 4.39. The topological polar surface area (TPSA) is 165 Å². The maximum absolute atomic E-state index is 15.0. The largest absolute Gasteiger partial charge is 0.485 e. The Hall–Kier alpha value is -14.3. The molecule has 1 heterocycles. The standard InChI is InChI=1S/C97H83N3O13/c101-97(100-99-58-71-46-48-98-49-47-71)84-56-91(108-68-81-50-85(102-59-72-28-10-1-11-29-72)93(110-65-78-40-22-7-23-41-78)86(51-81)103-60-73-30-12-2-13-31-73)96(113-70-83-54-89(106-63-76-36-18-5-19-37-76)95(112-67-80-44-26-9-27-45-80)90(55-83)107-64-77-38-20-6-21-39-77)92(57-84)109-69-82-52-87(104-61-74-32-14-3-15-33-74)94(111-66-79-42-24-8-25-43-79)88(53-82)105-62-75-34-16-4-17-35-75/h1-58H,59-70H2,(H,100,101)/b99-58+. The fourth-order valence-corrected chi connectivity index (χ4v) is 12.0. The lowest BCUT2D eigenvalue weighted by molar-refractivity contribution is 0.0953. The van der Waals surface area contributed by atoms with Gasteiger partial charge in [0.15, 0.2) is 46.0 Å². The number of hydrogen-bond donors (Lipinski definition) is 1. The molecular formula is C97H83N3O13. The zero-order valence-electron chi connectivity index (χ0n) is 62.2. The predicted octanol–water partition coefficient (Wildman–Crippen LogP) is 20.8. The van der Waals surface area contributed by atoms with Gasteiger partial charge in [-0.25, -0.2) is 5.43 Å². The van der Waals surface area contributed by atoms with E-state index in [0.717, 1.165) is 50.1 Å². The van der Waals surface area contributed by atoms with Gasteiger partial charge in [0.25, 0.3) is 5.91 Å². The van der Waals surface area contributed by atoms with E-state index in [-0.39, 0.29) is 102 Å². The SMILES string of the molecule is O=C(N/N=C/c1ccncc1)c1cc(OCc2cc(OCc3ccccc3)c(OCc3ccccc3)c(OCc3ccccc3)c2)c(OCc2cc(OCc3ccccc3)c(OCc3ccccc3)c(OCc3ccccc3)c2)c(OCc2cc(OCc3ccccc3)c(OCc3ccccc3)c(OCc3ccccc3)c2)c1. The number of hydrazone groups is 1. The molecule has 0 fully saturated rings. The summed E-state index contributed by atoms with van der Waals surface area (Å²) in [6.07, 6.45) is 4.82. The summed E-state index contributed by atoms with van der Waals surface area (Å²) in [4.78, 5) is 19.1. The Morgan fingerprint density at radius 2 is 0.425 bits per heavy atom. The van der Waals surface area contributed by atoms with Crippen LogP contribution in [-0.4, -0.2) is 17.1 Å². The Bertz CT molecular complexity index is 4910. The monoisotopic (exact) mass is 1500 g/mol. The van der Waals surface area contributed by atoms with Crippen LogP contribution >= 0.6 is 0 Å². The first-order chi connectivity index (χ1) is 55.9. The average molecular weight is 1500 g/mol. The summed E-state index contributed by atoms with van der Waals surface area (Å²) in [7, 11) is 0. The lowest BCUT2D eigenvalue weighted by Gasteiger charge is -2.22. The fraction of sp³-hybridized carbons (Fsp3) is 0.124. The molecule has 0 atom stereocenters. The quantitative estimate of drug-likeness (QED) is 0.0286. The summed E-state index contributed by atoms with van der Waals surface area (Å²) in [6.45, 7) is 1.44. The van der Waals surface area contributed by atoms with E-state index in [1.165, 1.54) is 6.21 Å². The lowest BCUT2D eigenvalue weighted by atomic mass is 10.1. The Balaban J connectivity index is 0.897. The van der Waals surface area contributed by atoms with Gasteiger partial charge in [-0.1, -0.05) is 273 Å². The Labute approximate surface area is 657 Å². The number of carbonyl (C=O) groups is 1. The van der Waals surface area contributed by atoms with Gasteiger partial charge in [0.1, 0.15) is 79.3 Å². The second kappa shape index (κ2) is 39.7. The maximum Gasteiger partial charge on any atom is 0.271 e. The van der Waals surface area contributed by atoms with Crippen molar-refractivity contribution < 1.29 is 61.6 Å². The smallest absolute Gasteiger partial charge is 0.271 e. The molecule has 1 N–H and O–H groups in total. The average Bonchev–Trinajstić information content (AvgIpc) is 0.811. The van der Waals surface area contributed by atoms with Crippen LogP contribution in [0, 0.1) is 0 Å². The minimum atomic E-state index is -0.593. The van der Waals surface area contributed by atoms with Crippen molar-refractivity contribution in [2.45, 2.75) is 79.3 Å². The number of nitrogens with one attached hydrogen (secondary N) is 1. The molecule has 564 valence electrons. The first-order valence-corrected chi connectivity index (χ1v) is 37.2. The molecule has 1 aromatic heterocycles. The van der Waals surface area contributed by atoms with E-state index in [1.807, 2.05) is 309 Å². The molecule has 0 aliphatic rings. The summed E-state index contributed by atoms with van der Waals surface area (Å²) in [5.74, 6) is 3.34. The number of ether oxygens (including phenoxy) is 12. The number of benzene rings is 13. The van der Waals surface area contributed by atoms with E-state index in [2.05, 4.69) is 15.5 Å². The first-order valence-electron chi connectivity index (χ1n) is 37.2. The number of aromatic nitrogens is 1. The van der Waals surface area contributed by atoms with Gasteiger partial charge in [0.2, 0.25) is 23.0 Å². The molecule has 13 aromatic carbocycles. The van der Waals surface area contributed by atoms with Gasteiger partial charge < -0.3 is 56.8 Å². The van der Waals surface area contributed by atoms with E-state index in [0.29, 0.717) is 74.0 Å². The molecular weight excluding hydrogens is 1420 g/mol. The minimum Gasteiger partial charge on any atom is -0.485 e. The number of rotatable bonds is 39. The van der Waals surface area contributed by atoms with Crippen LogP contribution in [0.15, 0.2) is 351 Å². The van der Waals surface area contributed by atoms with Crippen molar-refractivity contribution in [2.75, 3.05) is 0 Å². The second-order valence-corrected chi connectivity index (χ2v) is 26.4. The summed E-state index contributed by atoms with van der Waals surface area (Å²) in [5.41, 5.74) is 13.8. The van der Waals surface area contributed by atoms with Crippen molar-refractivity contribution in [3.63, 3.8) is 0 Å². The zero-order valence-corrected chi connectivity index (χ0v) is 62.2.